The van der Waals surface area contributed by atoms with E-state index in [1.165, 1.54) is 6.07 Å². The van der Waals surface area contributed by atoms with Crippen LogP contribution in [-0.4, -0.2) is 10.8 Å². The summed E-state index contributed by atoms with van der Waals surface area (Å²) < 4.78 is 38.8. The van der Waals surface area contributed by atoms with Gasteiger partial charge < -0.3 is 0 Å². The van der Waals surface area contributed by atoms with E-state index in [2.05, 4.69) is 4.98 Å². The molecule has 2 aromatic carbocycles. The Labute approximate surface area is 135 Å². The molecule has 0 fully saturated rings. The molecule has 0 atom stereocenters. The molecule has 0 N–H and O–H groups in total. The first-order valence-corrected chi connectivity index (χ1v) is 7.28. The van der Waals surface area contributed by atoms with Crippen molar-refractivity contribution in [2.24, 2.45) is 0 Å². The van der Waals surface area contributed by atoms with E-state index < -0.39 is 11.9 Å². The van der Waals surface area contributed by atoms with Crippen LogP contribution in [0.1, 0.15) is 21.6 Å². The molecule has 118 valence electrons. The Kier molecular flexibility index (Phi) is 3.06. The first kappa shape index (κ1) is 14.6. The molecule has 0 amide bonds. The van der Waals surface area contributed by atoms with E-state index in [0.29, 0.717) is 11.1 Å². The maximum atomic E-state index is 12.9. The third kappa shape index (κ3) is 2.21. The fraction of sp³-hybridized carbons (Fsp3) is 0.0526. The van der Waals surface area contributed by atoms with Gasteiger partial charge in [-0.3, -0.25) is 4.79 Å². The highest BCUT2D eigenvalue weighted by atomic mass is 19.4. The van der Waals surface area contributed by atoms with Crippen LogP contribution in [0.25, 0.3) is 22.4 Å². The van der Waals surface area contributed by atoms with Crippen LogP contribution >= 0.6 is 0 Å². The fourth-order valence-electron chi connectivity index (χ4n) is 2.90. The van der Waals surface area contributed by atoms with Crippen molar-refractivity contribution in [2.75, 3.05) is 0 Å². The molecule has 1 aliphatic carbocycles. The molecule has 2 nitrogen and oxygen atoms in total. The first-order valence-electron chi connectivity index (χ1n) is 7.28. The standard InChI is InChI=1S/C19H10F3NO/c20-19(21,22)16-9-8-14-17(23-16)15-10-12(6-7-13(15)18(14)24)11-4-2-1-3-5-11/h1-10H. The van der Waals surface area contributed by atoms with Crippen LogP contribution in [0, 0.1) is 0 Å². The molecule has 0 saturated heterocycles. The van der Waals surface area contributed by atoms with Crippen LogP contribution in [-0.2, 0) is 6.18 Å². The van der Waals surface area contributed by atoms with Gasteiger partial charge in [-0.05, 0) is 35.4 Å². The van der Waals surface area contributed by atoms with Crippen molar-refractivity contribution < 1.29 is 18.0 Å². The second-order valence-corrected chi connectivity index (χ2v) is 5.55. The molecule has 0 radical (unpaired) electrons. The topological polar surface area (TPSA) is 30.0 Å². The molecule has 1 heterocycles. The molecule has 1 aromatic heterocycles. The summed E-state index contributed by atoms with van der Waals surface area (Å²) in [5.41, 5.74) is 1.90. The number of aromatic nitrogens is 1. The third-order valence-electron chi connectivity index (χ3n) is 4.06. The van der Waals surface area contributed by atoms with E-state index in [9.17, 15) is 18.0 Å². The van der Waals surface area contributed by atoms with Crippen molar-refractivity contribution in [2.45, 2.75) is 6.18 Å². The number of halogens is 3. The second kappa shape index (κ2) is 5.03. The lowest BCUT2D eigenvalue weighted by Gasteiger charge is -2.08. The lowest BCUT2D eigenvalue weighted by molar-refractivity contribution is -0.141. The number of carbonyl (C=O) groups is 1. The van der Waals surface area contributed by atoms with Crippen LogP contribution in [0.2, 0.25) is 0 Å². The van der Waals surface area contributed by atoms with E-state index in [1.807, 2.05) is 30.3 Å². The smallest absolute Gasteiger partial charge is 0.289 e. The van der Waals surface area contributed by atoms with Gasteiger partial charge in [0.1, 0.15) is 5.69 Å². The first-order chi connectivity index (χ1) is 11.4. The summed E-state index contributed by atoms with van der Waals surface area (Å²) in [4.78, 5) is 16.1. The number of hydrogen-bond donors (Lipinski definition) is 0. The monoisotopic (exact) mass is 325 g/mol. The number of pyridine rings is 1. The summed E-state index contributed by atoms with van der Waals surface area (Å²) in [7, 11) is 0. The van der Waals surface area contributed by atoms with Gasteiger partial charge in [0.2, 0.25) is 0 Å². The number of ketones is 1. The van der Waals surface area contributed by atoms with Gasteiger partial charge in [-0.25, -0.2) is 4.98 Å². The Morgan fingerprint density at radius 2 is 1.46 bits per heavy atom. The quantitative estimate of drug-likeness (QED) is 0.494. The molecule has 0 aliphatic heterocycles. The van der Waals surface area contributed by atoms with Gasteiger partial charge in [0.25, 0.3) is 0 Å². The number of benzene rings is 2. The molecule has 24 heavy (non-hydrogen) atoms. The maximum absolute atomic E-state index is 12.9. The van der Waals surface area contributed by atoms with Gasteiger partial charge in [-0.2, -0.15) is 13.2 Å². The Bertz CT molecular complexity index is 962. The Morgan fingerprint density at radius 1 is 0.750 bits per heavy atom. The molecule has 3 aromatic rings. The molecule has 0 spiro atoms. The second-order valence-electron chi connectivity index (χ2n) is 5.55. The molecule has 0 bridgehead atoms. The fourth-order valence-corrected chi connectivity index (χ4v) is 2.90. The maximum Gasteiger partial charge on any atom is 0.433 e. The van der Waals surface area contributed by atoms with Crippen molar-refractivity contribution in [1.82, 2.24) is 4.98 Å². The number of alkyl halides is 3. The normalized spacial score (nSPS) is 12.9. The van der Waals surface area contributed by atoms with Crippen LogP contribution in [0.3, 0.4) is 0 Å². The van der Waals surface area contributed by atoms with Gasteiger partial charge >= 0.3 is 6.18 Å². The van der Waals surface area contributed by atoms with Gasteiger partial charge in [0.15, 0.2) is 5.78 Å². The Hall–Kier alpha value is -2.95. The van der Waals surface area contributed by atoms with E-state index >= 15 is 0 Å². The minimum atomic E-state index is -4.54. The van der Waals surface area contributed by atoms with Gasteiger partial charge in [0, 0.05) is 16.7 Å². The molecule has 4 rings (SSSR count). The van der Waals surface area contributed by atoms with Crippen LogP contribution in [0.4, 0.5) is 13.2 Å². The van der Waals surface area contributed by atoms with Gasteiger partial charge in [-0.15, -0.1) is 0 Å². The zero-order valence-corrected chi connectivity index (χ0v) is 12.3. The molecule has 1 aliphatic rings. The van der Waals surface area contributed by atoms with Crippen LogP contribution < -0.4 is 0 Å². The zero-order chi connectivity index (χ0) is 16.9. The molecular formula is C19H10F3NO. The van der Waals surface area contributed by atoms with E-state index in [1.54, 1.807) is 18.2 Å². The van der Waals surface area contributed by atoms with Crippen LogP contribution in [0.15, 0.2) is 60.7 Å². The molecule has 0 unspecified atom stereocenters. The SMILES string of the molecule is O=C1c2ccc(-c3ccccc3)cc2-c2nc(C(F)(F)F)ccc21. The third-order valence-corrected chi connectivity index (χ3v) is 4.06. The number of carbonyl (C=O) groups excluding carboxylic acids is 1. The lowest BCUT2D eigenvalue weighted by atomic mass is 10.00. The zero-order valence-electron chi connectivity index (χ0n) is 12.3. The predicted molar refractivity (Wildman–Crippen MR) is 83.5 cm³/mol. The summed E-state index contributed by atoms with van der Waals surface area (Å²) in [5, 5.41) is 0. The summed E-state index contributed by atoms with van der Waals surface area (Å²) in [5.74, 6) is -0.291. The minimum absolute atomic E-state index is 0.0996. The van der Waals surface area contributed by atoms with Crippen molar-refractivity contribution in [3.63, 3.8) is 0 Å². The summed E-state index contributed by atoms with van der Waals surface area (Å²) in [6.45, 7) is 0. The number of rotatable bonds is 1. The van der Waals surface area contributed by atoms with Crippen LogP contribution in [0.5, 0.6) is 0 Å². The number of hydrogen-bond acceptors (Lipinski definition) is 2. The summed E-state index contributed by atoms with van der Waals surface area (Å²) in [6.07, 6.45) is -4.54. The van der Waals surface area contributed by atoms with E-state index in [0.717, 1.165) is 17.2 Å². The average molecular weight is 325 g/mol. The molecule has 5 heteroatoms. The van der Waals surface area contributed by atoms with Gasteiger partial charge in [-0.1, -0.05) is 36.4 Å². The lowest BCUT2D eigenvalue weighted by Crippen LogP contribution is -2.09. The van der Waals surface area contributed by atoms with Crippen molar-refractivity contribution in [3.8, 4) is 22.4 Å². The number of fused-ring (bicyclic) bond motifs is 3. The highest BCUT2D eigenvalue weighted by Crippen LogP contribution is 2.39. The largest absolute Gasteiger partial charge is 0.433 e. The van der Waals surface area contributed by atoms with E-state index in [4.69, 9.17) is 0 Å². The summed E-state index contributed by atoms with van der Waals surface area (Å²) in [6, 6.07) is 16.7. The Balaban J connectivity index is 1.91. The summed E-state index contributed by atoms with van der Waals surface area (Å²) >= 11 is 0. The highest BCUT2D eigenvalue weighted by molar-refractivity contribution is 6.21. The predicted octanol–water partition coefficient (Wildman–Crippen LogP) is 4.98. The van der Waals surface area contributed by atoms with E-state index in [-0.39, 0.29) is 17.0 Å². The molecular weight excluding hydrogens is 315 g/mol. The van der Waals surface area contributed by atoms with Crippen molar-refractivity contribution in [3.05, 3.63) is 77.5 Å². The average Bonchev–Trinajstić information content (AvgIpc) is 2.87. The minimum Gasteiger partial charge on any atom is -0.289 e. The molecule has 0 saturated carbocycles. The van der Waals surface area contributed by atoms with Crippen molar-refractivity contribution in [1.29, 1.82) is 0 Å². The Morgan fingerprint density at radius 3 is 2.17 bits per heavy atom. The van der Waals surface area contributed by atoms with Crippen molar-refractivity contribution >= 4 is 5.78 Å². The highest BCUT2D eigenvalue weighted by Gasteiger charge is 2.36. The van der Waals surface area contributed by atoms with Gasteiger partial charge in [0.05, 0.1) is 5.69 Å². The number of nitrogens with zero attached hydrogens (tertiary/aromatic N) is 1.